The number of carbonyl (C=O) groups excluding carboxylic acids is 1. The number of pyridine rings is 1. The highest BCUT2D eigenvalue weighted by Crippen LogP contribution is 2.16. The third-order valence-corrected chi connectivity index (χ3v) is 3.67. The van der Waals surface area contributed by atoms with Gasteiger partial charge >= 0.3 is 0 Å². The maximum Gasteiger partial charge on any atom is 0.236 e. The lowest BCUT2D eigenvalue weighted by atomic mass is 10.1. The number of nitrogens with one attached hydrogen (secondary N) is 1. The van der Waals surface area contributed by atoms with Gasteiger partial charge in [-0.15, -0.1) is 5.10 Å². The van der Waals surface area contributed by atoms with Gasteiger partial charge < -0.3 is 11.1 Å². The van der Waals surface area contributed by atoms with Crippen molar-refractivity contribution in [2.75, 3.05) is 11.9 Å². The van der Waals surface area contributed by atoms with Crippen molar-refractivity contribution in [1.82, 2.24) is 29.9 Å². The van der Waals surface area contributed by atoms with Crippen LogP contribution in [0.15, 0.2) is 42.7 Å². The third-order valence-electron chi connectivity index (χ3n) is 3.67. The summed E-state index contributed by atoms with van der Waals surface area (Å²) < 4.78 is 1.66. The summed E-state index contributed by atoms with van der Waals surface area (Å²) in [5.74, 6) is -0.0316. The molecular weight excluding hydrogens is 320 g/mol. The second-order valence-corrected chi connectivity index (χ2v) is 5.50. The van der Waals surface area contributed by atoms with E-state index in [1.807, 2.05) is 24.3 Å². The van der Waals surface area contributed by atoms with E-state index in [-0.39, 0.29) is 6.54 Å². The predicted molar refractivity (Wildman–Crippen MR) is 91.6 cm³/mol. The number of hydrogen-bond acceptors (Lipinski definition) is 7. The van der Waals surface area contributed by atoms with Gasteiger partial charge in [-0.1, -0.05) is 17.3 Å². The molecule has 0 spiro atoms. The number of hydrogen-bond donors (Lipinski definition) is 2. The van der Waals surface area contributed by atoms with Crippen molar-refractivity contribution in [2.45, 2.75) is 6.54 Å². The highest BCUT2D eigenvalue weighted by molar-refractivity contribution is 5.79. The number of benzene rings is 1. The Balaban J connectivity index is 1.65. The van der Waals surface area contributed by atoms with Crippen molar-refractivity contribution in [2.24, 2.45) is 5.73 Å². The average Bonchev–Trinajstić information content (AvgIpc) is 3.02. The lowest BCUT2D eigenvalue weighted by molar-refractivity contribution is -0.116. The second kappa shape index (κ2) is 6.11. The van der Waals surface area contributed by atoms with Crippen LogP contribution in [-0.4, -0.2) is 42.4 Å². The van der Waals surface area contributed by atoms with Gasteiger partial charge in [0.25, 0.3) is 0 Å². The molecule has 0 radical (unpaired) electrons. The van der Waals surface area contributed by atoms with Crippen LogP contribution in [0.25, 0.3) is 22.2 Å². The average molecular weight is 334 g/mol. The molecule has 124 valence electrons. The highest BCUT2D eigenvalue weighted by atomic mass is 16.1. The molecule has 0 unspecified atom stereocenters. The molecule has 0 aliphatic heterocycles. The summed E-state index contributed by atoms with van der Waals surface area (Å²) in [7, 11) is 0. The molecule has 0 aliphatic rings. The van der Waals surface area contributed by atoms with E-state index in [9.17, 15) is 4.79 Å². The number of anilines is 1. The molecule has 3 heterocycles. The van der Waals surface area contributed by atoms with E-state index < -0.39 is 5.91 Å². The van der Waals surface area contributed by atoms with Crippen LogP contribution in [0.5, 0.6) is 0 Å². The summed E-state index contributed by atoms with van der Waals surface area (Å²) in [4.78, 5) is 23.8. The van der Waals surface area contributed by atoms with Crippen molar-refractivity contribution >= 4 is 33.9 Å². The van der Waals surface area contributed by atoms with Crippen molar-refractivity contribution in [1.29, 1.82) is 0 Å². The van der Waals surface area contributed by atoms with E-state index >= 15 is 0 Å². The largest absolute Gasteiger partial charge is 0.368 e. The van der Waals surface area contributed by atoms with Crippen LogP contribution in [-0.2, 0) is 11.3 Å². The molecule has 1 amide bonds. The van der Waals surface area contributed by atoms with Crippen molar-refractivity contribution in [3.63, 3.8) is 0 Å². The van der Waals surface area contributed by atoms with Gasteiger partial charge in [-0.2, -0.15) is 0 Å². The third kappa shape index (κ3) is 3.07. The monoisotopic (exact) mass is 334 g/mol. The van der Waals surface area contributed by atoms with Gasteiger partial charge in [-0.3, -0.25) is 9.78 Å². The van der Waals surface area contributed by atoms with E-state index in [0.29, 0.717) is 23.7 Å². The Morgan fingerprint density at radius 2 is 2.16 bits per heavy atom. The number of fused-ring (bicyclic) bond motifs is 2. The number of aromatic nitrogens is 6. The van der Waals surface area contributed by atoms with E-state index in [2.05, 4.69) is 36.6 Å². The number of amides is 1. The van der Waals surface area contributed by atoms with Gasteiger partial charge in [0.2, 0.25) is 11.6 Å². The van der Waals surface area contributed by atoms with E-state index in [1.54, 1.807) is 10.9 Å². The van der Waals surface area contributed by atoms with Gasteiger partial charge in [-0.25, -0.2) is 14.6 Å². The van der Waals surface area contributed by atoms with Gasteiger partial charge in [0.1, 0.15) is 5.82 Å². The first-order chi connectivity index (χ1) is 12.2. The minimum Gasteiger partial charge on any atom is -0.368 e. The van der Waals surface area contributed by atoms with Crippen LogP contribution in [0.1, 0.15) is 5.56 Å². The number of primary amides is 1. The number of nitrogens with zero attached hydrogens (tertiary/aromatic N) is 6. The van der Waals surface area contributed by atoms with Gasteiger partial charge in [0.05, 0.1) is 24.8 Å². The minimum absolute atomic E-state index is 0.0145. The standard InChI is InChI=1S/C16H14N8O/c17-13(25)7-19-14-8-20-15-16(21-14)24(23-22-15)9-10-3-4-12-11(6-10)2-1-5-18-12/h1-6,8H,7,9H2,(H2,17,25)(H,19,21). The zero-order valence-corrected chi connectivity index (χ0v) is 13.1. The van der Waals surface area contributed by atoms with Crippen molar-refractivity contribution in [3.05, 3.63) is 48.3 Å². The molecule has 0 aliphatic carbocycles. The molecule has 9 nitrogen and oxygen atoms in total. The highest BCUT2D eigenvalue weighted by Gasteiger charge is 2.10. The van der Waals surface area contributed by atoms with Crippen molar-refractivity contribution in [3.8, 4) is 0 Å². The van der Waals surface area contributed by atoms with E-state index in [0.717, 1.165) is 16.5 Å². The number of rotatable bonds is 5. The molecular formula is C16H14N8O. The summed E-state index contributed by atoms with van der Waals surface area (Å²) in [5, 5.41) is 12.0. The van der Waals surface area contributed by atoms with Crippen LogP contribution in [0.2, 0.25) is 0 Å². The molecule has 3 N–H and O–H groups in total. The summed E-state index contributed by atoms with van der Waals surface area (Å²) in [6.45, 7) is 0.481. The van der Waals surface area contributed by atoms with E-state index in [4.69, 9.17) is 5.73 Å². The SMILES string of the molecule is NC(=O)CNc1cnc2nnn(Cc3ccc4ncccc4c3)c2n1. The normalized spacial score (nSPS) is 11.0. The molecule has 1 aromatic carbocycles. The first kappa shape index (κ1) is 14.9. The van der Waals surface area contributed by atoms with Crippen LogP contribution in [0.3, 0.4) is 0 Å². The molecule has 0 saturated heterocycles. The molecule has 9 heteroatoms. The van der Waals surface area contributed by atoms with E-state index in [1.165, 1.54) is 6.20 Å². The zero-order chi connectivity index (χ0) is 17.2. The maximum atomic E-state index is 10.9. The van der Waals surface area contributed by atoms with Gasteiger partial charge in [0.15, 0.2) is 5.65 Å². The Morgan fingerprint density at radius 3 is 3.04 bits per heavy atom. The Kier molecular flexibility index (Phi) is 3.65. The number of nitrogens with two attached hydrogens (primary N) is 1. The Morgan fingerprint density at radius 1 is 1.24 bits per heavy atom. The first-order valence-corrected chi connectivity index (χ1v) is 7.61. The maximum absolute atomic E-state index is 10.9. The molecule has 0 saturated carbocycles. The fraction of sp³-hybridized carbons (Fsp3) is 0.125. The lowest BCUT2D eigenvalue weighted by Crippen LogP contribution is -2.22. The Bertz CT molecular complexity index is 1070. The van der Waals surface area contributed by atoms with Crippen molar-refractivity contribution < 1.29 is 4.79 Å². The Hall–Kier alpha value is -3.62. The smallest absolute Gasteiger partial charge is 0.236 e. The molecule has 0 bridgehead atoms. The number of carbonyl (C=O) groups is 1. The fourth-order valence-electron chi connectivity index (χ4n) is 2.52. The lowest BCUT2D eigenvalue weighted by Gasteiger charge is -2.05. The predicted octanol–water partition coefficient (Wildman–Crippen LogP) is 0.715. The molecule has 4 aromatic rings. The fourth-order valence-corrected chi connectivity index (χ4v) is 2.52. The summed E-state index contributed by atoms with van der Waals surface area (Å²) in [6, 6.07) is 9.93. The van der Waals surface area contributed by atoms with Crippen LogP contribution in [0, 0.1) is 0 Å². The first-order valence-electron chi connectivity index (χ1n) is 7.61. The molecule has 0 atom stereocenters. The topological polar surface area (TPSA) is 124 Å². The Labute approximate surface area is 141 Å². The molecule has 25 heavy (non-hydrogen) atoms. The second-order valence-electron chi connectivity index (χ2n) is 5.50. The molecule has 3 aromatic heterocycles. The van der Waals surface area contributed by atoms with Crippen LogP contribution >= 0.6 is 0 Å². The molecule has 4 rings (SSSR count). The summed E-state index contributed by atoms with van der Waals surface area (Å²) in [5.41, 5.74) is 8.07. The van der Waals surface area contributed by atoms with Crippen LogP contribution < -0.4 is 11.1 Å². The summed E-state index contributed by atoms with van der Waals surface area (Å²) in [6.07, 6.45) is 3.26. The quantitative estimate of drug-likeness (QED) is 0.551. The van der Waals surface area contributed by atoms with Gasteiger partial charge in [-0.05, 0) is 23.8 Å². The minimum atomic E-state index is -0.474. The molecule has 0 fully saturated rings. The van der Waals surface area contributed by atoms with Gasteiger partial charge in [0, 0.05) is 11.6 Å². The van der Waals surface area contributed by atoms with Crippen LogP contribution in [0.4, 0.5) is 5.82 Å². The zero-order valence-electron chi connectivity index (χ0n) is 13.1. The summed E-state index contributed by atoms with van der Waals surface area (Å²) >= 11 is 0.